The van der Waals surface area contributed by atoms with Gasteiger partial charge >= 0.3 is 5.97 Å². The second-order valence-electron chi connectivity index (χ2n) is 7.44. The van der Waals surface area contributed by atoms with E-state index in [1.54, 1.807) is 11.8 Å². The molecule has 1 N–H and O–H groups in total. The Bertz CT molecular complexity index is 588. The molecule has 2 bridgehead atoms. The third kappa shape index (κ3) is 2.29. The largest absolute Gasteiger partial charge is 0.481 e. The number of rotatable bonds is 5. The molecule has 1 amide bonds. The maximum atomic E-state index is 12.8. The van der Waals surface area contributed by atoms with Gasteiger partial charge in [0.15, 0.2) is 0 Å². The van der Waals surface area contributed by atoms with Crippen LogP contribution in [0.15, 0.2) is 12.2 Å². The quantitative estimate of drug-likeness (QED) is 0.710. The van der Waals surface area contributed by atoms with Crippen LogP contribution in [0.25, 0.3) is 0 Å². The Labute approximate surface area is 141 Å². The van der Waals surface area contributed by atoms with E-state index in [4.69, 9.17) is 9.47 Å². The van der Waals surface area contributed by atoms with E-state index in [0.717, 1.165) is 39.3 Å². The van der Waals surface area contributed by atoms with Crippen LogP contribution in [0.4, 0.5) is 0 Å². The molecular formula is C17H24N2O5. The van der Waals surface area contributed by atoms with E-state index in [1.165, 1.54) is 0 Å². The average molecular weight is 336 g/mol. The molecule has 3 saturated heterocycles. The van der Waals surface area contributed by atoms with Crippen LogP contribution in [0, 0.1) is 11.8 Å². The van der Waals surface area contributed by atoms with Gasteiger partial charge in [0.2, 0.25) is 5.91 Å². The predicted molar refractivity (Wildman–Crippen MR) is 84.4 cm³/mol. The van der Waals surface area contributed by atoms with Crippen LogP contribution >= 0.6 is 0 Å². The topological polar surface area (TPSA) is 79.3 Å². The van der Waals surface area contributed by atoms with Gasteiger partial charge in [0, 0.05) is 26.2 Å². The molecule has 0 aliphatic carbocycles. The fraction of sp³-hybridized carbons (Fsp3) is 0.765. The average Bonchev–Trinajstić information content (AvgIpc) is 3.11. The minimum atomic E-state index is -0.947. The van der Waals surface area contributed by atoms with Crippen molar-refractivity contribution >= 4 is 11.9 Å². The van der Waals surface area contributed by atoms with Gasteiger partial charge in [0.1, 0.15) is 11.5 Å². The number of amides is 1. The molecule has 3 fully saturated rings. The highest BCUT2D eigenvalue weighted by Crippen LogP contribution is 2.57. The summed E-state index contributed by atoms with van der Waals surface area (Å²) in [6.07, 6.45) is 4.62. The van der Waals surface area contributed by atoms with Gasteiger partial charge in [-0.3, -0.25) is 14.5 Å². The number of ether oxygens (including phenoxy) is 2. The summed E-state index contributed by atoms with van der Waals surface area (Å²) in [5, 5.41) is 9.59. The first-order chi connectivity index (χ1) is 11.5. The normalized spacial score (nSPS) is 41.2. The van der Waals surface area contributed by atoms with Crippen molar-refractivity contribution in [2.45, 2.75) is 24.5 Å². The van der Waals surface area contributed by atoms with Gasteiger partial charge in [-0.2, -0.15) is 0 Å². The Morgan fingerprint density at radius 1 is 1.33 bits per heavy atom. The number of likely N-dealkylation sites (tertiary alicyclic amines) is 1. The molecule has 0 unspecified atom stereocenters. The van der Waals surface area contributed by atoms with E-state index in [9.17, 15) is 14.7 Å². The van der Waals surface area contributed by atoms with Crippen molar-refractivity contribution in [2.24, 2.45) is 11.8 Å². The van der Waals surface area contributed by atoms with Gasteiger partial charge in [-0.1, -0.05) is 12.2 Å². The lowest BCUT2D eigenvalue weighted by atomic mass is 9.72. The van der Waals surface area contributed by atoms with Crippen molar-refractivity contribution in [3.05, 3.63) is 12.2 Å². The number of aliphatic carboxylic acids is 1. The number of morpholine rings is 1. The highest BCUT2D eigenvalue weighted by molar-refractivity contribution is 5.91. The molecule has 0 radical (unpaired) electrons. The molecule has 7 heteroatoms. The van der Waals surface area contributed by atoms with Crippen molar-refractivity contribution < 1.29 is 24.2 Å². The Hall–Kier alpha value is -1.44. The SMILES string of the molecule is C[C@@]12C=C[C@@]3(CN(CCCN4CCOCC4)C(=O)[C@H]3[C@H]1C(=O)O)O2. The van der Waals surface area contributed by atoms with E-state index in [2.05, 4.69) is 4.90 Å². The second kappa shape index (κ2) is 5.54. The molecule has 1 spiro atoms. The lowest BCUT2D eigenvalue weighted by Gasteiger charge is -2.28. The third-order valence-corrected chi connectivity index (χ3v) is 5.87. The van der Waals surface area contributed by atoms with Gasteiger partial charge in [-0.05, 0) is 13.3 Å². The number of carbonyl (C=O) groups is 2. The highest BCUT2D eigenvalue weighted by atomic mass is 16.5. The first kappa shape index (κ1) is 16.1. The summed E-state index contributed by atoms with van der Waals surface area (Å²) in [6.45, 7) is 7.23. The summed E-state index contributed by atoms with van der Waals surface area (Å²) in [6, 6.07) is 0. The molecule has 24 heavy (non-hydrogen) atoms. The molecule has 4 aliphatic heterocycles. The molecule has 0 aromatic carbocycles. The highest BCUT2D eigenvalue weighted by Gasteiger charge is 2.71. The fourth-order valence-corrected chi connectivity index (χ4v) is 4.73. The van der Waals surface area contributed by atoms with Gasteiger partial charge in [0.25, 0.3) is 0 Å². The fourth-order valence-electron chi connectivity index (χ4n) is 4.73. The molecule has 0 aromatic heterocycles. The molecule has 0 aromatic rings. The standard InChI is InChI=1S/C17H24N2O5/c1-16-3-4-17(24-16)11-19(14(20)12(17)13(16)15(21)22)6-2-5-18-7-9-23-10-8-18/h3-4,12-13H,2,5-11H2,1H3,(H,21,22)/t12-,13+,16-,17+/m1/s1. The summed E-state index contributed by atoms with van der Waals surface area (Å²) in [5.74, 6) is -2.40. The van der Waals surface area contributed by atoms with Crippen molar-refractivity contribution in [1.29, 1.82) is 0 Å². The molecule has 0 saturated carbocycles. The smallest absolute Gasteiger partial charge is 0.310 e. The van der Waals surface area contributed by atoms with Crippen molar-refractivity contribution in [2.75, 3.05) is 45.9 Å². The minimum Gasteiger partial charge on any atom is -0.481 e. The summed E-state index contributed by atoms with van der Waals surface area (Å²) in [4.78, 5) is 28.7. The van der Waals surface area contributed by atoms with E-state index in [-0.39, 0.29) is 5.91 Å². The van der Waals surface area contributed by atoms with Crippen molar-refractivity contribution in [3.63, 3.8) is 0 Å². The van der Waals surface area contributed by atoms with Gasteiger partial charge in [-0.15, -0.1) is 0 Å². The van der Waals surface area contributed by atoms with Gasteiger partial charge in [-0.25, -0.2) is 0 Å². The number of hydrogen-bond acceptors (Lipinski definition) is 5. The number of hydrogen-bond donors (Lipinski definition) is 1. The van der Waals surface area contributed by atoms with Crippen LogP contribution in [-0.2, 0) is 19.1 Å². The maximum Gasteiger partial charge on any atom is 0.310 e. The van der Waals surface area contributed by atoms with Crippen molar-refractivity contribution in [1.82, 2.24) is 9.80 Å². The molecule has 132 valence electrons. The summed E-state index contributed by atoms with van der Waals surface area (Å²) in [7, 11) is 0. The van der Waals surface area contributed by atoms with Crippen LogP contribution in [0.3, 0.4) is 0 Å². The molecule has 4 heterocycles. The summed E-state index contributed by atoms with van der Waals surface area (Å²) in [5.41, 5.74) is -1.60. The van der Waals surface area contributed by atoms with Gasteiger partial charge in [0.05, 0.1) is 31.3 Å². The first-order valence-corrected chi connectivity index (χ1v) is 8.67. The van der Waals surface area contributed by atoms with Crippen molar-refractivity contribution in [3.8, 4) is 0 Å². The van der Waals surface area contributed by atoms with Gasteiger partial charge < -0.3 is 19.5 Å². The van der Waals surface area contributed by atoms with E-state index < -0.39 is 29.0 Å². The molecule has 4 aliphatic rings. The van der Waals surface area contributed by atoms with Crippen LogP contribution < -0.4 is 0 Å². The lowest BCUT2D eigenvalue weighted by Crippen LogP contribution is -2.43. The van der Waals surface area contributed by atoms with Crippen LogP contribution in [-0.4, -0.2) is 83.9 Å². The van der Waals surface area contributed by atoms with E-state index >= 15 is 0 Å². The number of carboxylic acids is 1. The zero-order valence-electron chi connectivity index (χ0n) is 13.9. The summed E-state index contributed by atoms with van der Waals surface area (Å²) < 4.78 is 11.4. The third-order valence-electron chi connectivity index (χ3n) is 5.87. The number of fused-ring (bicyclic) bond motifs is 1. The number of carbonyl (C=O) groups excluding carboxylic acids is 1. The second-order valence-corrected chi connectivity index (χ2v) is 7.44. The molecule has 4 atom stereocenters. The zero-order valence-corrected chi connectivity index (χ0v) is 13.9. The van der Waals surface area contributed by atoms with Crippen LogP contribution in [0.5, 0.6) is 0 Å². The monoisotopic (exact) mass is 336 g/mol. The molecule has 7 nitrogen and oxygen atoms in total. The number of nitrogens with zero attached hydrogens (tertiary/aromatic N) is 2. The van der Waals surface area contributed by atoms with Crippen LogP contribution in [0.1, 0.15) is 13.3 Å². The Morgan fingerprint density at radius 3 is 2.79 bits per heavy atom. The first-order valence-electron chi connectivity index (χ1n) is 8.67. The van der Waals surface area contributed by atoms with E-state index in [1.807, 2.05) is 12.2 Å². The Balaban J connectivity index is 1.41. The molecular weight excluding hydrogens is 312 g/mol. The summed E-state index contributed by atoms with van der Waals surface area (Å²) >= 11 is 0. The van der Waals surface area contributed by atoms with E-state index in [0.29, 0.717) is 13.1 Å². The maximum absolute atomic E-state index is 12.8. The zero-order chi connectivity index (χ0) is 16.9. The predicted octanol–water partition coefficient (Wildman–Crippen LogP) is -0.0346. The van der Waals surface area contributed by atoms with Crippen LogP contribution in [0.2, 0.25) is 0 Å². The molecule has 4 rings (SSSR count). The lowest BCUT2D eigenvalue weighted by molar-refractivity contribution is -0.150. The minimum absolute atomic E-state index is 0.0718. The Kier molecular flexibility index (Phi) is 3.71. The number of carboxylic acid groups (broad SMARTS) is 1. The Morgan fingerprint density at radius 2 is 2.08 bits per heavy atom.